The topological polar surface area (TPSA) is 89.6 Å². The van der Waals surface area contributed by atoms with Crippen molar-refractivity contribution < 1.29 is 14.6 Å². The molecule has 88 valence electrons. The summed E-state index contributed by atoms with van der Waals surface area (Å²) in [4.78, 5) is 19.0. The third-order valence-electron chi connectivity index (χ3n) is 2.67. The molecule has 3 rings (SSSR count). The minimum Gasteiger partial charge on any atom is -0.481 e. The van der Waals surface area contributed by atoms with Crippen molar-refractivity contribution >= 4 is 11.7 Å². The average molecular weight is 234 g/mol. The van der Waals surface area contributed by atoms with Crippen LogP contribution in [0, 0.1) is 0 Å². The molecule has 0 aromatic carbocycles. The quantitative estimate of drug-likeness (QED) is 0.841. The van der Waals surface area contributed by atoms with E-state index in [2.05, 4.69) is 15.1 Å². The van der Waals surface area contributed by atoms with E-state index in [1.165, 1.54) is 17.7 Å². The van der Waals surface area contributed by atoms with Crippen LogP contribution in [0.1, 0.15) is 35.1 Å². The summed E-state index contributed by atoms with van der Waals surface area (Å²) in [5, 5.41) is 13.2. The van der Waals surface area contributed by atoms with Crippen LogP contribution in [0.2, 0.25) is 0 Å². The zero-order valence-corrected chi connectivity index (χ0v) is 9.12. The summed E-state index contributed by atoms with van der Waals surface area (Å²) in [6.45, 7) is 0. The fourth-order valence-electron chi connectivity index (χ4n) is 1.63. The van der Waals surface area contributed by atoms with E-state index in [0.29, 0.717) is 17.6 Å². The Kier molecular flexibility index (Phi) is 2.01. The molecule has 2 heterocycles. The molecule has 0 saturated heterocycles. The van der Waals surface area contributed by atoms with Gasteiger partial charge in [0.05, 0.1) is 7.11 Å². The van der Waals surface area contributed by atoms with Gasteiger partial charge in [-0.1, -0.05) is 0 Å². The Hall–Kier alpha value is -2.18. The fraction of sp³-hybridized carbons (Fsp3) is 0.400. The van der Waals surface area contributed by atoms with Gasteiger partial charge >= 0.3 is 5.97 Å². The van der Waals surface area contributed by atoms with Crippen LogP contribution in [0.25, 0.3) is 5.78 Å². The number of aromatic nitrogens is 4. The van der Waals surface area contributed by atoms with Crippen LogP contribution >= 0.6 is 0 Å². The summed E-state index contributed by atoms with van der Waals surface area (Å²) in [5.41, 5.74) is -0.0934. The summed E-state index contributed by atoms with van der Waals surface area (Å²) >= 11 is 0. The molecule has 1 N–H and O–H groups in total. The molecular weight excluding hydrogens is 224 g/mol. The maximum absolute atomic E-state index is 10.9. The van der Waals surface area contributed by atoms with E-state index in [9.17, 15) is 4.79 Å². The minimum absolute atomic E-state index is 0.0934. The first-order valence-corrected chi connectivity index (χ1v) is 5.24. The first kappa shape index (κ1) is 10.0. The summed E-state index contributed by atoms with van der Waals surface area (Å²) in [6, 6.07) is 1.33. The van der Waals surface area contributed by atoms with Gasteiger partial charge in [-0.2, -0.15) is 9.50 Å². The highest BCUT2D eigenvalue weighted by Gasteiger charge is 2.29. The lowest BCUT2D eigenvalue weighted by molar-refractivity contribution is 0.0690. The SMILES string of the molecule is COc1cc(C(=O)O)nc2nc(C3CC3)nn12. The maximum atomic E-state index is 10.9. The Labute approximate surface area is 96.1 Å². The van der Waals surface area contributed by atoms with E-state index in [-0.39, 0.29) is 11.5 Å². The van der Waals surface area contributed by atoms with Gasteiger partial charge in [0.15, 0.2) is 11.5 Å². The standard InChI is InChI=1S/C10H10N4O3/c1-17-7-4-6(9(15)16)11-10-12-8(5-2-3-5)13-14(7)10/h4-5H,2-3H2,1H3,(H,15,16). The molecule has 0 atom stereocenters. The Bertz CT molecular complexity index is 603. The van der Waals surface area contributed by atoms with Gasteiger partial charge in [0.1, 0.15) is 0 Å². The van der Waals surface area contributed by atoms with Crippen LogP contribution in [-0.4, -0.2) is 37.8 Å². The van der Waals surface area contributed by atoms with Crippen LogP contribution in [0.3, 0.4) is 0 Å². The summed E-state index contributed by atoms with van der Waals surface area (Å²) in [5.74, 6) is 0.574. The van der Waals surface area contributed by atoms with Crippen LogP contribution < -0.4 is 4.74 Å². The first-order valence-electron chi connectivity index (χ1n) is 5.24. The maximum Gasteiger partial charge on any atom is 0.354 e. The molecular formula is C10H10N4O3. The molecule has 0 amide bonds. The Morgan fingerprint density at radius 1 is 1.53 bits per heavy atom. The Morgan fingerprint density at radius 3 is 2.88 bits per heavy atom. The van der Waals surface area contributed by atoms with Crippen molar-refractivity contribution in [3.8, 4) is 5.88 Å². The Balaban J connectivity index is 2.21. The van der Waals surface area contributed by atoms with Crippen molar-refractivity contribution in [3.63, 3.8) is 0 Å². The normalized spacial score (nSPS) is 15.1. The van der Waals surface area contributed by atoms with Gasteiger partial charge in [-0.15, -0.1) is 5.10 Å². The number of hydrogen-bond donors (Lipinski definition) is 1. The number of methoxy groups -OCH3 is 1. The highest BCUT2D eigenvalue weighted by Crippen LogP contribution is 2.38. The van der Waals surface area contributed by atoms with Gasteiger partial charge in [0.25, 0.3) is 5.78 Å². The van der Waals surface area contributed by atoms with Gasteiger partial charge in [-0.05, 0) is 12.8 Å². The zero-order valence-electron chi connectivity index (χ0n) is 9.12. The van der Waals surface area contributed by atoms with E-state index in [1.54, 1.807) is 0 Å². The van der Waals surface area contributed by atoms with Crippen molar-refractivity contribution in [2.45, 2.75) is 18.8 Å². The highest BCUT2D eigenvalue weighted by atomic mass is 16.5. The van der Waals surface area contributed by atoms with Gasteiger partial charge < -0.3 is 9.84 Å². The number of rotatable bonds is 3. The van der Waals surface area contributed by atoms with Crippen molar-refractivity contribution in [2.24, 2.45) is 0 Å². The molecule has 0 unspecified atom stereocenters. The zero-order chi connectivity index (χ0) is 12.0. The smallest absolute Gasteiger partial charge is 0.354 e. The molecule has 0 radical (unpaired) electrons. The van der Waals surface area contributed by atoms with Crippen LogP contribution in [0.4, 0.5) is 0 Å². The summed E-state index contributed by atoms with van der Waals surface area (Å²) < 4.78 is 6.52. The molecule has 0 spiro atoms. The van der Waals surface area contributed by atoms with Gasteiger partial charge in [0, 0.05) is 12.0 Å². The molecule has 1 aliphatic rings. The molecule has 7 nitrogen and oxygen atoms in total. The minimum atomic E-state index is -1.11. The predicted octanol–water partition coefficient (Wildman–Crippen LogP) is 0.708. The highest BCUT2D eigenvalue weighted by molar-refractivity contribution is 5.86. The number of ether oxygens (including phenoxy) is 1. The molecule has 7 heteroatoms. The first-order chi connectivity index (χ1) is 8.19. The van der Waals surface area contributed by atoms with E-state index in [1.807, 2.05) is 0 Å². The molecule has 17 heavy (non-hydrogen) atoms. The second-order valence-electron chi connectivity index (χ2n) is 3.94. The molecule has 0 bridgehead atoms. The average Bonchev–Trinajstić information content (AvgIpc) is 3.07. The lowest BCUT2D eigenvalue weighted by Gasteiger charge is -2.02. The van der Waals surface area contributed by atoms with Crippen molar-refractivity contribution in [1.29, 1.82) is 0 Å². The predicted molar refractivity (Wildman–Crippen MR) is 56.3 cm³/mol. The Morgan fingerprint density at radius 2 is 2.29 bits per heavy atom. The van der Waals surface area contributed by atoms with E-state index in [4.69, 9.17) is 9.84 Å². The van der Waals surface area contributed by atoms with Crippen LogP contribution in [0.5, 0.6) is 5.88 Å². The number of carbonyl (C=O) groups is 1. The number of carboxylic acid groups (broad SMARTS) is 1. The second-order valence-corrected chi connectivity index (χ2v) is 3.94. The number of nitrogens with zero attached hydrogens (tertiary/aromatic N) is 4. The third kappa shape index (κ3) is 1.59. The molecule has 0 aliphatic heterocycles. The molecule has 2 aromatic heterocycles. The van der Waals surface area contributed by atoms with E-state index < -0.39 is 5.97 Å². The molecule has 1 aliphatic carbocycles. The van der Waals surface area contributed by atoms with E-state index in [0.717, 1.165) is 12.8 Å². The monoisotopic (exact) mass is 234 g/mol. The van der Waals surface area contributed by atoms with Crippen molar-refractivity contribution in [1.82, 2.24) is 19.6 Å². The van der Waals surface area contributed by atoms with Gasteiger partial charge in [-0.3, -0.25) is 0 Å². The van der Waals surface area contributed by atoms with Crippen molar-refractivity contribution in [2.75, 3.05) is 7.11 Å². The lowest BCUT2D eigenvalue weighted by atomic mass is 10.4. The fourth-order valence-corrected chi connectivity index (χ4v) is 1.63. The van der Waals surface area contributed by atoms with Crippen LogP contribution in [0.15, 0.2) is 6.07 Å². The number of hydrogen-bond acceptors (Lipinski definition) is 5. The summed E-state index contributed by atoms with van der Waals surface area (Å²) in [6.07, 6.45) is 2.15. The van der Waals surface area contributed by atoms with Crippen molar-refractivity contribution in [3.05, 3.63) is 17.6 Å². The second kappa shape index (κ2) is 3.41. The van der Waals surface area contributed by atoms with Gasteiger partial charge in [0.2, 0.25) is 5.88 Å². The van der Waals surface area contributed by atoms with Crippen LogP contribution in [-0.2, 0) is 0 Å². The molecule has 2 aromatic rings. The molecule has 1 fully saturated rings. The summed E-state index contributed by atoms with van der Waals surface area (Å²) in [7, 11) is 1.46. The number of carboxylic acids is 1. The van der Waals surface area contributed by atoms with Gasteiger partial charge in [-0.25, -0.2) is 9.78 Å². The number of aromatic carboxylic acids is 1. The lowest BCUT2D eigenvalue weighted by Crippen LogP contribution is -2.05. The molecule has 1 saturated carbocycles. The number of fused-ring (bicyclic) bond motifs is 1. The largest absolute Gasteiger partial charge is 0.481 e. The third-order valence-corrected chi connectivity index (χ3v) is 2.67. The van der Waals surface area contributed by atoms with E-state index >= 15 is 0 Å².